The molecular weight excluding hydrogens is 286 g/mol. The summed E-state index contributed by atoms with van der Waals surface area (Å²) in [6.07, 6.45) is 0.502. The van der Waals surface area contributed by atoms with E-state index in [1.54, 1.807) is 0 Å². The molecule has 2 aliphatic heterocycles. The maximum absolute atomic E-state index is 13.9. The number of piperidine rings is 1. The van der Waals surface area contributed by atoms with Crippen LogP contribution in [0.4, 0.5) is 8.78 Å². The van der Waals surface area contributed by atoms with Gasteiger partial charge >= 0.3 is 0 Å². The highest BCUT2D eigenvalue weighted by Gasteiger charge is 2.37. The first-order valence-corrected chi connectivity index (χ1v) is 7.04. The predicted molar refractivity (Wildman–Crippen MR) is 71.3 cm³/mol. The number of likely N-dealkylation sites (tertiary alicyclic amines) is 1. The van der Waals surface area contributed by atoms with Gasteiger partial charge in [-0.2, -0.15) is 0 Å². The normalized spacial score (nSPS) is 26.4. The molecule has 0 spiro atoms. The number of rotatable bonds is 2. The van der Waals surface area contributed by atoms with Crippen molar-refractivity contribution in [1.29, 1.82) is 0 Å². The van der Waals surface area contributed by atoms with Gasteiger partial charge in [0.15, 0.2) is 0 Å². The highest BCUT2D eigenvalue weighted by molar-refractivity contribution is 6.30. The van der Waals surface area contributed by atoms with Gasteiger partial charge in [-0.25, -0.2) is 8.78 Å². The lowest BCUT2D eigenvalue weighted by Crippen LogP contribution is -2.39. The molecule has 1 aromatic rings. The number of carbonyl (C=O) groups is 1. The smallest absolute Gasteiger partial charge is 0.220 e. The van der Waals surface area contributed by atoms with E-state index in [4.69, 9.17) is 11.6 Å². The maximum atomic E-state index is 13.9. The Bertz CT molecular complexity index is 552. The van der Waals surface area contributed by atoms with Crippen molar-refractivity contribution in [2.75, 3.05) is 19.6 Å². The Kier molecular flexibility index (Phi) is 3.65. The van der Waals surface area contributed by atoms with Gasteiger partial charge in [0.1, 0.15) is 11.6 Å². The molecule has 2 aliphatic rings. The second kappa shape index (κ2) is 5.30. The van der Waals surface area contributed by atoms with E-state index in [1.165, 1.54) is 12.1 Å². The Morgan fingerprint density at radius 3 is 2.85 bits per heavy atom. The molecule has 0 saturated carbocycles. The molecule has 1 aromatic carbocycles. The Balaban J connectivity index is 1.74. The number of carbonyl (C=O) groups excluding carboxylic acids is 1. The maximum Gasteiger partial charge on any atom is 0.220 e. The van der Waals surface area contributed by atoms with Gasteiger partial charge in [0.2, 0.25) is 5.91 Å². The van der Waals surface area contributed by atoms with Crippen LogP contribution in [0, 0.1) is 23.5 Å². The molecule has 3 rings (SSSR count). The van der Waals surface area contributed by atoms with Crippen molar-refractivity contribution in [3.05, 3.63) is 34.4 Å². The third-order valence-electron chi connectivity index (χ3n) is 4.18. The number of hydrogen-bond acceptors (Lipinski definition) is 2. The number of nitrogens with one attached hydrogen (secondary N) is 1. The molecule has 0 aliphatic carbocycles. The Labute approximate surface area is 120 Å². The molecule has 0 radical (unpaired) electrons. The predicted octanol–water partition coefficient (Wildman–Crippen LogP) is 2.19. The van der Waals surface area contributed by atoms with Gasteiger partial charge in [0.05, 0.1) is 5.02 Å². The van der Waals surface area contributed by atoms with E-state index in [1.807, 2.05) is 4.90 Å². The quantitative estimate of drug-likeness (QED) is 0.849. The number of nitrogens with zero attached hydrogens (tertiary/aromatic N) is 1. The first kappa shape index (κ1) is 13.8. The van der Waals surface area contributed by atoms with E-state index in [-0.39, 0.29) is 29.0 Å². The average molecular weight is 301 g/mol. The highest BCUT2D eigenvalue weighted by Crippen LogP contribution is 2.31. The molecule has 6 heteroatoms. The van der Waals surface area contributed by atoms with Crippen LogP contribution in [0.3, 0.4) is 0 Å². The molecule has 2 heterocycles. The van der Waals surface area contributed by atoms with E-state index >= 15 is 0 Å². The third-order valence-corrected chi connectivity index (χ3v) is 4.47. The second-order valence-electron chi connectivity index (χ2n) is 5.54. The van der Waals surface area contributed by atoms with Crippen molar-refractivity contribution in [3.8, 4) is 0 Å². The monoisotopic (exact) mass is 300 g/mol. The van der Waals surface area contributed by atoms with Gasteiger partial charge in [-0.15, -0.1) is 0 Å². The van der Waals surface area contributed by atoms with Gasteiger partial charge in [-0.3, -0.25) is 9.69 Å². The largest absolute Gasteiger partial charge is 0.356 e. The first-order valence-electron chi connectivity index (χ1n) is 6.66. The van der Waals surface area contributed by atoms with E-state index in [2.05, 4.69) is 5.32 Å². The van der Waals surface area contributed by atoms with Crippen molar-refractivity contribution in [3.63, 3.8) is 0 Å². The molecule has 1 N–H and O–H groups in total. The summed E-state index contributed by atoms with van der Waals surface area (Å²) in [7, 11) is 0. The fourth-order valence-electron chi connectivity index (χ4n) is 3.12. The SMILES string of the molecule is O=C1C[C@@H]2CN(Cc3c(F)ccc(Cl)c3F)C[C@@H]2CN1. The molecule has 20 heavy (non-hydrogen) atoms. The minimum atomic E-state index is -0.685. The average Bonchev–Trinajstić information content (AvgIpc) is 2.81. The molecule has 0 bridgehead atoms. The van der Waals surface area contributed by atoms with Crippen LogP contribution >= 0.6 is 11.6 Å². The number of halogens is 3. The van der Waals surface area contributed by atoms with Gasteiger partial charge in [-0.05, 0) is 24.0 Å². The number of benzene rings is 1. The number of fused-ring (bicyclic) bond motifs is 1. The van der Waals surface area contributed by atoms with E-state index in [0.29, 0.717) is 25.4 Å². The lowest BCUT2D eigenvalue weighted by Gasteiger charge is -2.23. The summed E-state index contributed by atoms with van der Waals surface area (Å²) >= 11 is 5.70. The molecule has 3 nitrogen and oxygen atoms in total. The Hall–Kier alpha value is -1.20. The van der Waals surface area contributed by atoms with Crippen LogP contribution < -0.4 is 5.32 Å². The van der Waals surface area contributed by atoms with E-state index < -0.39 is 11.6 Å². The van der Waals surface area contributed by atoms with Gasteiger partial charge in [-0.1, -0.05) is 11.6 Å². The van der Waals surface area contributed by atoms with Crippen LogP contribution in [0.25, 0.3) is 0 Å². The van der Waals surface area contributed by atoms with Crippen molar-refractivity contribution >= 4 is 17.5 Å². The zero-order valence-corrected chi connectivity index (χ0v) is 11.6. The lowest BCUT2D eigenvalue weighted by atomic mass is 9.89. The minimum absolute atomic E-state index is 0.00966. The summed E-state index contributed by atoms with van der Waals surface area (Å²) in [6, 6.07) is 2.41. The molecule has 0 aromatic heterocycles. The first-order chi connectivity index (χ1) is 9.54. The summed E-state index contributed by atoms with van der Waals surface area (Å²) in [6.45, 7) is 2.29. The van der Waals surface area contributed by atoms with Crippen molar-refractivity contribution in [2.45, 2.75) is 13.0 Å². The zero-order chi connectivity index (χ0) is 14.3. The topological polar surface area (TPSA) is 32.3 Å². The molecule has 2 saturated heterocycles. The van der Waals surface area contributed by atoms with Gasteiger partial charge < -0.3 is 5.32 Å². The molecular formula is C14H15ClF2N2O. The Morgan fingerprint density at radius 2 is 2.05 bits per heavy atom. The van der Waals surface area contributed by atoms with E-state index in [9.17, 15) is 13.6 Å². The highest BCUT2D eigenvalue weighted by atomic mass is 35.5. The van der Waals surface area contributed by atoms with Crippen molar-refractivity contribution < 1.29 is 13.6 Å². The molecule has 1 amide bonds. The fourth-order valence-corrected chi connectivity index (χ4v) is 3.30. The molecule has 108 valence electrons. The molecule has 0 unspecified atom stereocenters. The van der Waals surface area contributed by atoms with Crippen LogP contribution in [-0.2, 0) is 11.3 Å². The summed E-state index contributed by atoms with van der Waals surface area (Å²) < 4.78 is 27.6. The van der Waals surface area contributed by atoms with Crippen LogP contribution in [0.1, 0.15) is 12.0 Å². The van der Waals surface area contributed by atoms with Crippen molar-refractivity contribution in [2.24, 2.45) is 11.8 Å². The number of amides is 1. The standard InChI is InChI=1S/C14H15ClF2N2O/c15-11-1-2-12(16)10(14(11)17)7-19-5-8-3-13(20)18-4-9(8)6-19/h1-2,8-9H,3-7H2,(H,18,20)/t8-,9+/m1/s1. The van der Waals surface area contributed by atoms with Gasteiger partial charge in [0, 0.05) is 38.2 Å². The molecule has 2 fully saturated rings. The van der Waals surface area contributed by atoms with Crippen LogP contribution in [0.15, 0.2) is 12.1 Å². The summed E-state index contributed by atoms with van der Waals surface area (Å²) in [5.41, 5.74) is 0.00966. The summed E-state index contributed by atoms with van der Waals surface area (Å²) in [5, 5.41) is 2.77. The number of hydrogen-bond donors (Lipinski definition) is 1. The minimum Gasteiger partial charge on any atom is -0.356 e. The van der Waals surface area contributed by atoms with E-state index in [0.717, 1.165) is 6.54 Å². The van der Waals surface area contributed by atoms with Crippen LogP contribution in [0.2, 0.25) is 5.02 Å². The molecule has 2 atom stereocenters. The van der Waals surface area contributed by atoms with Gasteiger partial charge in [0.25, 0.3) is 0 Å². The second-order valence-corrected chi connectivity index (χ2v) is 5.95. The zero-order valence-electron chi connectivity index (χ0n) is 10.8. The van der Waals surface area contributed by atoms with Crippen LogP contribution in [0.5, 0.6) is 0 Å². The third kappa shape index (κ3) is 2.52. The Morgan fingerprint density at radius 1 is 1.30 bits per heavy atom. The van der Waals surface area contributed by atoms with Crippen LogP contribution in [-0.4, -0.2) is 30.4 Å². The van der Waals surface area contributed by atoms with Crippen molar-refractivity contribution in [1.82, 2.24) is 10.2 Å². The summed E-state index contributed by atoms with van der Waals surface area (Å²) in [4.78, 5) is 13.3. The fraction of sp³-hybridized carbons (Fsp3) is 0.500. The summed E-state index contributed by atoms with van der Waals surface area (Å²) in [5.74, 6) is -0.535. The lowest BCUT2D eigenvalue weighted by molar-refractivity contribution is -0.124.